The van der Waals surface area contributed by atoms with Crippen LogP contribution in [0.4, 0.5) is 23.1 Å². The van der Waals surface area contributed by atoms with Gasteiger partial charge in [-0.15, -0.1) is 0 Å². The first kappa shape index (κ1) is 24.1. The van der Waals surface area contributed by atoms with Gasteiger partial charge in [-0.2, -0.15) is 13.2 Å². The molecule has 0 aliphatic heterocycles. The van der Waals surface area contributed by atoms with Gasteiger partial charge in [0.25, 0.3) is 0 Å². The summed E-state index contributed by atoms with van der Waals surface area (Å²) < 4.78 is 68.5. The summed E-state index contributed by atoms with van der Waals surface area (Å²) in [5, 5.41) is 13.7. The van der Waals surface area contributed by atoms with Crippen molar-refractivity contribution < 1.29 is 36.2 Å². The van der Waals surface area contributed by atoms with Gasteiger partial charge in [-0.05, 0) is 24.6 Å². The molecule has 1 aromatic carbocycles. The van der Waals surface area contributed by atoms with E-state index in [1.807, 2.05) is 0 Å². The lowest BCUT2D eigenvalue weighted by Crippen LogP contribution is -2.31. The number of halogens is 3. The molecule has 2 aromatic rings. The van der Waals surface area contributed by atoms with Crippen LogP contribution in [0, 0.1) is 6.92 Å². The number of sulfone groups is 1. The number of anilines is 1. The maximum absolute atomic E-state index is 13.4. The molecule has 0 atom stereocenters. The highest BCUT2D eigenvalue weighted by Gasteiger charge is 2.36. The fraction of sp³-hybridized carbons (Fsp3) is 0.412. The number of amides is 2. The maximum Gasteiger partial charge on any atom is 0.417 e. The summed E-state index contributed by atoms with van der Waals surface area (Å²) >= 11 is 0.957. The first-order valence-electron chi connectivity index (χ1n) is 8.56. The highest BCUT2D eigenvalue weighted by molar-refractivity contribution is 7.90. The molecule has 0 unspecified atom stereocenters. The monoisotopic (exact) mass is 467 g/mol. The number of aliphatic hydroxyl groups is 1. The molecular formula is C17H20F3N3O5S2. The summed E-state index contributed by atoms with van der Waals surface area (Å²) in [6, 6.07) is 2.37. The quantitative estimate of drug-likeness (QED) is 0.514. The first-order chi connectivity index (χ1) is 13.9. The van der Waals surface area contributed by atoms with Crippen LogP contribution in [0.2, 0.25) is 0 Å². The van der Waals surface area contributed by atoms with Gasteiger partial charge in [-0.1, -0.05) is 17.4 Å². The maximum atomic E-state index is 13.4. The lowest BCUT2D eigenvalue weighted by Gasteiger charge is -2.13. The van der Waals surface area contributed by atoms with Gasteiger partial charge in [-0.25, -0.2) is 18.2 Å². The smallest absolute Gasteiger partial charge is 0.394 e. The van der Waals surface area contributed by atoms with Crippen molar-refractivity contribution in [1.82, 2.24) is 10.3 Å². The molecule has 2 rings (SSSR count). The summed E-state index contributed by atoms with van der Waals surface area (Å²) in [5.74, 6) is 0. The number of nitrogens with one attached hydrogen (secondary N) is 2. The lowest BCUT2D eigenvalue weighted by molar-refractivity contribution is -0.139. The van der Waals surface area contributed by atoms with Crippen LogP contribution in [0.5, 0.6) is 0 Å². The van der Waals surface area contributed by atoms with Crippen molar-refractivity contribution in [3.63, 3.8) is 0 Å². The number of carbonyl (C=O) groups is 1. The van der Waals surface area contributed by atoms with E-state index in [1.165, 1.54) is 6.07 Å². The first-order valence-corrected chi connectivity index (χ1v) is 11.3. The Labute approximate surface area is 175 Å². The third kappa shape index (κ3) is 6.39. The van der Waals surface area contributed by atoms with Gasteiger partial charge in [-0.3, -0.25) is 5.32 Å². The van der Waals surface area contributed by atoms with Crippen molar-refractivity contribution in [3.8, 4) is 10.4 Å². The molecule has 1 aromatic heterocycles. The minimum Gasteiger partial charge on any atom is -0.394 e. The molecule has 166 valence electrons. The third-order valence-corrected chi connectivity index (χ3v) is 6.01. The summed E-state index contributed by atoms with van der Waals surface area (Å²) in [5.41, 5.74) is -0.747. The molecule has 8 nitrogen and oxygen atoms in total. The molecular weight excluding hydrogens is 447 g/mol. The molecule has 0 bridgehead atoms. The zero-order valence-electron chi connectivity index (χ0n) is 16.0. The average Bonchev–Trinajstić information content (AvgIpc) is 2.99. The Morgan fingerprint density at radius 1 is 1.30 bits per heavy atom. The summed E-state index contributed by atoms with van der Waals surface area (Å²) in [6.07, 6.45) is -4.14. The number of thiazole rings is 1. The van der Waals surface area contributed by atoms with Gasteiger partial charge in [0.1, 0.15) is 0 Å². The van der Waals surface area contributed by atoms with Crippen molar-refractivity contribution in [2.75, 3.05) is 37.9 Å². The fourth-order valence-electron chi connectivity index (χ4n) is 2.48. The number of urea groups is 1. The number of rotatable bonds is 8. The van der Waals surface area contributed by atoms with Crippen LogP contribution >= 0.6 is 11.3 Å². The number of aryl methyl sites for hydroxylation is 1. The summed E-state index contributed by atoms with van der Waals surface area (Å²) in [4.78, 5) is 15.6. The molecule has 13 heteroatoms. The minimum atomic E-state index is -4.86. The number of ether oxygens (including phenoxy) is 1. The molecule has 0 radical (unpaired) electrons. The normalized spacial score (nSPS) is 12.1. The molecule has 0 aliphatic rings. The summed E-state index contributed by atoms with van der Waals surface area (Å²) in [6.45, 7) is 1.97. The van der Waals surface area contributed by atoms with E-state index in [2.05, 4.69) is 15.6 Å². The number of aliphatic hydroxyl groups excluding tert-OH is 1. The molecule has 30 heavy (non-hydrogen) atoms. The predicted octanol–water partition coefficient (Wildman–Crippen LogP) is 2.67. The highest BCUT2D eigenvalue weighted by Crippen LogP contribution is 2.39. The molecule has 3 N–H and O–H groups in total. The SMILES string of the molecule is Cc1nc(NC(=O)NCCOCCO)sc1-c1ccc(S(C)(=O)=O)c(C(F)(F)F)c1. The molecule has 2 amide bonds. The van der Waals surface area contributed by atoms with Crippen LogP contribution < -0.4 is 10.6 Å². The van der Waals surface area contributed by atoms with Crippen molar-refractivity contribution in [3.05, 3.63) is 29.5 Å². The number of alkyl halides is 3. The average molecular weight is 467 g/mol. The zero-order valence-corrected chi connectivity index (χ0v) is 17.7. The van der Waals surface area contributed by atoms with E-state index in [9.17, 15) is 26.4 Å². The van der Waals surface area contributed by atoms with E-state index in [-0.39, 0.29) is 37.1 Å². The number of carbonyl (C=O) groups excluding carboxylic acids is 1. The third-order valence-electron chi connectivity index (χ3n) is 3.73. The second kappa shape index (κ2) is 9.73. The largest absolute Gasteiger partial charge is 0.417 e. The van der Waals surface area contributed by atoms with Crippen LogP contribution in [-0.2, 0) is 20.8 Å². The molecule has 0 spiro atoms. The van der Waals surface area contributed by atoms with E-state index in [0.717, 1.165) is 23.5 Å². The van der Waals surface area contributed by atoms with Crippen LogP contribution in [0.3, 0.4) is 0 Å². The van der Waals surface area contributed by atoms with E-state index in [4.69, 9.17) is 9.84 Å². The van der Waals surface area contributed by atoms with Gasteiger partial charge in [0, 0.05) is 12.8 Å². The number of benzene rings is 1. The van der Waals surface area contributed by atoms with Gasteiger partial charge in [0.15, 0.2) is 15.0 Å². The van der Waals surface area contributed by atoms with E-state index >= 15 is 0 Å². The Kier molecular flexibility index (Phi) is 7.80. The Morgan fingerprint density at radius 3 is 2.60 bits per heavy atom. The van der Waals surface area contributed by atoms with Crippen molar-refractivity contribution in [2.24, 2.45) is 0 Å². The van der Waals surface area contributed by atoms with Gasteiger partial charge >= 0.3 is 12.2 Å². The zero-order chi connectivity index (χ0) is 22.5. The summed E-state index contributed by atoms with van der Waals surface area (Å²) in [7, 11) is -4.07. The van der Waals surface area contributed by atoms with Crippen molar-refractivity contribution >= 4 is 32.3 Å². The van der Waals surface area contributed by atoms with Crippen LogP contribution in [-0.4, -0.2) is 57.2 Å². The molecule has 0 saturated carbocycles. The van der Waals surface area contributed by atoms with Gasteiger partial charge in [0.2, 0.25) is 0 Å². The molecule has 0 aliphatic carbocycles. The topological polar surface area (TPSA) is 118 Å². The van der Waals surface area contributed by atoms with Crippen molar-refractivity contribution in [2.45, 2.75) is 18.0 Å². The van der Waals surface area contributed by atoms with E-state index in [0.29, 0.717) is 16.8 Å². The molecule has 1 heterocycles. The van der Waals surface area contributed by atoms with Crippen LogP contribution in [0.25, 0.3) is 10.4 Å². The molecule has 0 fully saturated rings. The number of hydrogen-bond acceptors (Lipinski definition) is 7. The Bertz CT molecular complexity index is 1010. The number of aromatic nitrogens is 1. The standard InChI is InChI=1S/C17H20F3N3O5S2/c1-10-14(29-16(22-10)23-15(25)21-5-7-28-8-6-24)11-3-4-13(30(2,26)27)12(9-11)17(18,19)20/h3-4,9,24H,5-8H2,1-2H3,(H2,21,22,23,25). The minimum absolute atomic E-state index is 0.130. The van der Waals surface area contributed by atoms with E-state index in [1.54, 1.807) is 6.92 Å². The van der Waals surface area contributed by atoms with Gasteiger partial charge < -0.3 is 15.2 Å². The second-order valence-corrected chi connectivity index (χ2v) is 9.11. The Morgan fingerprint density at radius 2 is 2.00 bits per heavy atom. The lowest BCUT2D eigenvalue weighted by atomic mass is 10.1. The fourth-order valence-corrected chi connectivity index (χ4v) is 4.33. The Hall–Kier alpha value is -2.22. The van der Waals surface area contributed by atoms with E-state index < -0.39 is 32.5 Å². The molecule has 0 saturated heterocycles. The van der Waals surface area contributed by atoms with Crippen LogP contribution in [0.1, 0.15) is 11.3 Å². The number of hydrogen-bond donors (Lipinski definition) is 3. The Balaban J connectivity index is 2.21. The number of nitrogens with zero attached hydrogens (tertiary/aromatic N) is 1. The van der Waals surface area contributed by atoms with Crippen LogP contribution in [0.15, 0.2) is 23.1 Å². The van der Waals surface area contributed by atoms with Gasteiger partial charge in [0.05, 0.1) is 40.9 Å². The van der Waals surface area contributed by atoms with Crippen molar-refractivity contribution in [1.29, 1.82) is 0 Å². The second-order valence-electron chi connectivity index (χ2n) is 6.13. The highest BCUT2D eigenvalue weighted by atomic mass is 32.2. The predicted molar refractivity (Wildman–Crippen MR) is 105 cm³/mol.